The fourth-order valence-corrected chi connectivity index (χ4v) is 3.65. The van der Waals surface area contributed by atoms with Crippen molar-refractivity contribution < 1.29 is 9.53 Å². The van der Waals surface area contributed by atoms with Crippen LogP contribution in [-0.4, -0.2) is 36.6 Å². The Morgan fingerprint density at radius 1 is 1.47 bits per heavy atom. The molecule has 2 fully saturated rings. The SMILES string of the molecule is CC1NC(c2cccs2)N(CC2CCOCC2)C1=O. The zero-order valence-electron chi connectivity index (χ0n) is 11.2. The number of ether oxygens (including phenoxy) is 1. The normalized spacial score (nSPS) is 29.1. The second kappa shape index (κ2) is 5.61. The number of amides is 1. The minimum Gasteiger partial charge on any atom is -0.381 e. The number of nitrogens with one attached hydrogen (secondary N) is 1. The Bertz CT molecular complexity index is 429. The summed E-state index contributed by atoms with van der Waals surface area (Å²) in [6.45, 7) is 4.47. The van der Waals surface area contributed by atoms with Gasteiger partial charge >= 0.3 is 0 Å². The molecule has 2 unspecified atom stereocenters. The fraction of sp³-hybridized carbons (Fsp3) is 0.643. The van der Waals surface area contributed by atoms with Crippen LogP contribution in [-0.2, 0) is 9.53 Å². The van der Waals surface area contributed by atoms with Crippen molar-refractivity contribution in [1.82, 2.24) is 10.2 Å². The van der Waals surface area contributed by atoms with Gasteiger partial charge in [-0.05, 0) is 37.1 Å². The number of rotatable bonds is 3. The van der Waals surface area contributed by atoms with Crippen molar-refractivity contribution in [1.29, 1.82) is 0 Å². The molecule has 3 rings (SSSR count). The van der Waals surface area contributed by atoms with Crippen molar-refractivity contribution in [2.45, 2.75) is 32.0 Å². The minimum atomic E-state index is -0.0769. The first-order valence-corrected chi connectivity index (χ1v) is 7.81. The molecule has 0 bridgehead atoms. The molecule has 1 N–H and O–H groups in total. The van der Waals surface area contributed by atoms with E-state index >= 15 is 0 Å². The van der Waals surface area contributed by atoms with Crippen LogP contribution < -0.4 is 5.32 Å². The van der Waals surface area contributed by atoms with Gasteiger partial charge in [-0.3, -0.25) is 10.1 Å². The molecule has 2 aliphatic rings. The third-order valence-electron chi connectivity index (χ3n) is 3.98. The van der Waals surface area contributed by atoms with Crippen molar-refractivity contribution in [2.75, 3.05) is 19.8 Å². The van der Waals surface area contributed by atoms with Gasteiger partial charge in [0.25, 0.3) is 0 Å². The zero-order valence-corrected chi connectivity index (χ0v) is 12.0. The molecule has 2 aliphatic heterocycles. The molecule has 0 saturated carbocycles. The Balaban J connectivity index is 1.73. The molecule has 0 aromatic carbocycles. The van der Waals surface area contributed by atoms with Gasteiger partial charge in [-0.2, -0.15) is 0 Å². The highest BCUT2D eigenvalue weighted by atomic mass is 32.1. The van der Waals surface area contributed by atoms with Crippen LogP contribution in [0.15, 0.2) is 17.5 Å². The van der Waals surface area contributed by atoms with Crippen LogP contribution in [0.1, 0.15) is 30.8 Å². The number of thiophene rings is 1. The largest absolute Gasteiger partial charge is 0.381 e. The van der Waals surface area contributed by atoms with E-state index in [1.807, 2.05) is 17.9 Å². The van der Waals surface area contributed by atoms with E-state index in [0.29, 0.717) is 5.92 Å². The zero-order chi connectivity index (χ0) is 13.2. The molecule has 0 radical (unpaired) electrons. The van der Waals surface area contributed by atoms with E-state index in [9.17, 15) is 4.79 Å². The maximum Gasteiger partial charge on any atom is 0.241 e. The summed E-state index contributed by atoms with van der Waals surface area (Å²) in [6.07, 6.45) is 2.19. The highest BCUT2D eigenvalue weighted by Crippen LogP contribution is 2.30. The highest BCUT2D eigenvalue weighted by Gasteiger charge is 2.38. The summed E-state index contributed by atoms with van der Waals surface area (Å²) in [7, 11) is 0. The van der Waals surface area contributed by atoms with Gasteiger partial charge in [0.2, 0.25) is 5.91 Å². The number of carbonyl (C=O) groups is 1. The molecular formula is C14H20N2O2S. The molecule has 4 nitrogen and oxygen atoms in total. The maximum absolute atomic E-state index is 12.3. The maximum atomic E-state index is 12.3. The molecule has 2 atom stereocenters. The second-order valence-electron chi connectivity index (χ2n) is 5.35. The van der Waals surface area contributed by atoms with E-state index in [4.69, 9.17) is 4.74 Å². The summed E-state index contributed by atoms with van der Waals surface area (Å²) in [6, 6.07) is 4.07. The quantitative estimate of drug-likeness (QED) is 0.920. The van der Waals surface area contributed by atoms with Crippen LogP contribution in [0.4, 0.5) is 0 Å². The van der Waals surface area contributed by atoms with E-state index in [2.05, 4.69) is 16.8 Å². The summed E-state index contributed by atoms with van der Waals surface area (Å²) >= 11 is 1.71. The first-order valence-electron chi connectivity index (χ1n) is 6.93. The van der Waals surface area contributed by atoms with Gasteiger partial charge in [0.1, 0.15) is 6.17 Å². The van der Waals surface area contributed by atoms with Crippen LogP contribution >= 0.6 is 11.3 Å². The molecule has 5 heteroatoms. The lowest BCUT2D eigenvalue weighted by Crippen LogP contribution is -2.36. The first kappa shape index (κ1) is 13.1. The standard InChI is InChI=1S/C14H20N2O2S/c1-10-14(17)16(9-11-4-6-18-7-5-11)13(15-10)12-3-2-8-19-12/h2-3,8,10-11,13,15H,4-7,9H2,1H3. The van der Waals surface area contributed by atoms with Crippen molar-refractivity contribution >= 4 is 17.2 Å². The molecular weight excluding hydrogens is 260 g/mol. The molecule has 0 spiro atoms. The van der Waals surface area contributed by atoms with Crippen LogP contribution in [0, 0.1) is 5.92 Å². The monoisotopic (exact) mass is 280 g/mol. The summed E-state index contributed by atoms with van der Waals surface area (Å²) in [5.74, 6) is 0.803. The molecule has 3 heterocycles. The summed E-state index contributed by atoms with van der Waals surface area (Å²) in [5, 5.41) is 5.47. The molecule has 19 heavy (non-hydrogen) atoms. The van der Waals surface area contributed by atoms with Crippen molar-refractivity contribution in [3.05, 3.63) is 22.4 Å². The lowest BCUT2D eigenvalue weighted by atomic mass is 9.99. The van der Waals surface area contributed by atoms with Crippen LogP contribution in [0.25, 0.3) is 0 Å². The van der Waals surface area contributed by atoms with Crippen LogP contribution in [0.5, 0.6) is 0 Å². The Kier molecular flexibility index (Phi) is 3.86. The molecule has 0 aliphatic carbocycles. The number of hydrogen-bond acceptors (Lipinski definition) is 4. The smallest absolute Gasteiger partial charge is 0.241 e. The van der Waals surface area contributed by atoms with Gasteiger partial charge in [0.15, 0.2) is 0 Å². The van der Waals surface area contributed by atoms with Gasteiger partial charge in [-0.15, -0.1) is 11.3 Å². The van der Waals surface area contributed by atoms with Crippen LogP contribution in [0.2, 0.25) is 0 Å². The fourth-order valence-electron chi connectivity index (χ4n) is 2.86. The summed E-state index contributed by atoms with van der Waals surface area (Å²) < 4.78 is 5.39. The average molecular weight is 280 g/mol. The summed E-state index contributed by atoms with van der Waals surface area (Å²) in [4.78, 5) is 15.6. The highest BCUT2D eigenvalue weighted by molar-refractivity contribution is 7.10. The Morgan fingerprint density at radius 2 is 2.26 bits per heavy atom. The van der Waals surface area contributed by atoms with Crippen molar-refractivity contribution in [2.24, 2.45) is 5.92 Å². The molecule has 1 amide bonds. The lowest BCUT2D eigenvalue weighted by molar-refractivity contribution is -0.130. The third-order valence-corrected chi connectivity index (χ3v) is 4.91. The Labute approximate surface area is 117 Å². The summed E-state index contributed by atoms with van der Waals surface area (Å²) in [5.41, 5.74) is 0. The van der Waals surface area contributed by atoms with Gasteiger partial charge in [-0.1, -0.05) is 6.07 Å². The number of nitrogens with zero attached hydrogens (tertiary/aromatic N) is 1. The third kappa shape index (κ3) is 2.68. The van der Waals surface area contributed by atoms with E-state index in [1.54, 1.807) is 11.3 Å². The van der Waals surface area contributed by atoms with Crippen molar-refractivity contribution in [3.63, 3.8) is 0 Å². The lowest BCUT2D eigenvalue weighted by Gasteiger charge is -2.30. The molecule has 1 aromatic rings. The van der Waals surface area contributed by atoms with E-state index < -0.39 is 0 Å². The first-order chi connectivity index (χ1) is 9.25. The van der Waals surface area contributed by atoms with E-state index in [1.165, 1.54) is 4.88 Å². The predicted octanol–water partition coefficient (Wildman–Crippen LogP) is 1.99. The van der Waals surface area contributed by atoms with Gasteiger partial charge in [-0.25, -0.2) is 0 Å². The van der Waals surface area contributed by atoms with Gasteiger partial charge < -0.3 is 9.64 Å². The second-order valence-corrected chi connectivity index (χ2v) is 6.33. The topological polar surface area (TPSA) is 41.6 Å². The predicted molar refractivity (Wildman–Crippen MR) is 74.9 cm³/mol. The average Bonchev–Trinajstić information content (AvgIpc) is 3.04. The van der Waals surface area contributed by atoms with E-state index in [-0.39, 0.29) is 18.1 Å². The molecule has 1 aromatic heterocycles. The van der Waals surface area contributed by atoms with Crippen LogP contribution in [0.3, 0.4) is 0 Å². The Hall–Kier alpha value is -0.910. The van der Waals surface area contributed by atoms with Crippen molar-refractivity contribution in [3.8, 4) is 0 Å². The number of hydrogen-bond donors (Lipinski definition) is 1. The molecule has 104 valence electrons. The van der Waals surface area contributed by atoms with Gasteiger partial charge in [0.05, 0.1) is 6.04 Å². The molecule has 2 saturated heterocycles. The van der Waals surface area contributed by atoms with Gasteiger partial charge in [0, 0.05) is 24.6 Å². The van der Waals surface area contributed by atoms with E-state index in [0.717, 1.165) is 32.6 Å². The minimum absolute atomic E-state index is 0.0605. The Morgan fingerprint density at radius 3 is 2.95 bits per heavy atom. The number of carbonyl (C=O) groups excluding carboxylic acids is 1.